The summed E-state index contributed by atoms with van der Waals surface area (Å²) >= 11 is 0. The Morgan fingerprint density at radius 3 is 2.08 bits per heavy atom. The summed E-state index contributed by atoms with van der Waals surface area (Å²) in [6.07, 6.45) is 0. The van der Waals surface area contributed by atoms with Crippen molar-refractivity contribution in [3.05, 3.63) is 29.5 Å². The van der Waals surface area contributed by atoms with E-state index in [2.05, 4.69) is 4.98 Å². The van der Waals surface area contributed by atoms with Crippen LogP contribution in [0.5, 0.6) is 11.5 Å². The Morgan fingerprint density at radius 2 is 1.50 bits per heavy atom. The van der Waals surface area contributed by atoms with E-state index in [0.29, 0.717) is 22.4 Å². The Balaban J connectivity index is 2.69. The molecule has 1 aromatic heterocycles. The van der Waals surface area contributed by atoms with Gasteiger partial charge in [-0.25, -0.2) is 14.6 Å². The Labute approximate surface area is 139 Å². The van der Waals surface area contributed by atoms with Gasteiger partial charge in [0.25, 0.3) is 0 Å². The van der Waals surface area contributed by atoms with Crippen LogP contribution in [0.15, 0.2) is 18.2 Å². The summed E-state index contributed by atoms with van der Waals surface area (Å²) in [6, 6.07) is 4.85. The van der Waals surface area contributed by atoms with Crippen molar-refractivity contribution < 1.29 is 28.5 Å². The van der Waals surface area contributed by atoms with Gasteiger partial charge in [0.2, 0.25) is 0 Å². The van der Waals surface area contributed by atoms with Crippen LogP contribution in [0.25, 0.3) is 10.9 Å². The lowest BCUT2D eigenvalue weighted by Gasteiger charge is -2.12. The summed E-state index contributed by atoms with van der Waals surface area (Å²) in [7, 11) is 3.01. The number of carbonyl (C=O) groups is 2. The standard InChI is InChI=1S/C17H19NO6/c1-5-23-16(19)11-7-10-8-13(21-3)14(22-4)9-12(10)18-15(11)17(20)24-6-2/h7-9H,5-6H2,1-4H3. The van der Waals surface area contributed by atoms with E-state index in [-0.39, 0.29) is 24.5 Å². The first-order chi connectivity index (χ1) is 11.5. The molecule has 128 valence electrons. The van der Waals surface area contributed by atoms with Crippen molar-refractivity contribution in [2.75, 3.05) is 27.4 Å². The number of hydrogen-bond donors (Lipinski definition) is 0. The summed E-state index contributed by atoms with van der Waals surface area (Å²) in [5.41, 5.74) is 0.439. The van der Waals surface area contributed by atoms with Crippen LogP contribution in [0, 0.1) is 0 Å². The van der Waals surface area contributed by atoms with E-state index in [9.17, 15) is 9.59 Å². The highest BCUT2D eigenvalue weighted by Crippen LogP contribution is 2.32. The number of carbonyl (C=O) groups excluding carboxylic acids is 2. The molecule has 1 heterocycles. The summed E-state index contributed by atoms with van der Waals surface area (Å²) in [5.74, 6) is -0.358. The van der Waals surface area contributed by atoms with Crippen LogP contribution >= 0.6 is 0 Å². The number of methoxy groups -OCH3 is 2. The average molecular weight is 333 g/mol. The number of aromatic nitrogens is 1. The van der Waals surface area contributed by atoms with Gasteiger partial charge in [-0.1, -0.05) is 0 Å². The zero-order valence-electron chi connectivity index (χ0n) is 14.0. The van der Waals surface area contributed by atoms with Crippen LogP contribution in [-0.4, -0.2) is 44.4 Å². The molecule has 0 aliphatic heterocycles. The van der Waals surface area contributed by atoms with Gasteiger partial charge in [-0.15, -0.1) is 0 Å². The second-order valence-corrected chi connectivity index (χ2v) is 4.73. The van der Waals surface area contributed by atoms with Gasteiger partial charge in [0.15, 0.2) is 17.2 Å². The molecule has 0 aliphatic carbocycles. The van der Waals surface area contributed by atoms with Gasteiger partial charge in [-0.05, 0) is 26.0 Å². The number of pyridine rings is 1. The Hall–Kier alpha value is -2.83. The molecular formula is C17H19NO6. The molecule has 0 atom stereocenters. The molecule has 1 aromatic carbocycles. The van der Waals surface area contributed by atoms with E-state index < -0.39 is 11.9 Å². The van der Waals surface area contributed by atoms with E-state index in [1.807, 2.05) is 0 Å². The molecule has 0 N–H and O–H groups in total. The number of nitrogens with zero attached hydrogens (tertiary/aromatic N) is 1. The number of esters is 2. The second-order valence-electron chi connectivity index (χ2n) is 4.73. The van der Waals surface area contributed by atoms with Gasteiger partial charge in [-0.3, -0.25) is 0 Å². The summed E-state index contributed by atoms with van der Waals surface area (Å²) in [5, 5.41) is 0.615. The van der Waals surface area contributed by atoms with Crippen LogP contribution in [0.1, 0.15) is 34.7 Å². The molecule has 2 aromatic rings. The van der Waals surface area contributed by atoms with Crippen LogP contribution in [-0.2, 0) is 9.47 Å². The molecule has 7 heteroatoms. The number of ether oxygens (including phenoxy) is 4. The lowest BCUT2D eigenvalue weighted by Crippen LogP contribution is -2.16. The summed E-state index contributed by atoms with van der Waals surface area (Å²) in [6.45, 7) is 3.72. The molecule has 0 amide bonds. The van der Waals surface area contributed by atoms with Crippen molar-refractivity contribution >= 4 is 22.8 Å². The van der Waals surface area contributed by atoms with Gasteiger partial charge >= 0.3 is 11.9 Å². The van der Waals surface area contributed by atoms with E-state index >= 15 is 0 Å². The first kappa shape index (κ1) is 17.5. The van der Waals surface area contributed by atoms with Crippen LogP contribution in [0.4, 0.5) is 0 Å². The minimum Gasteiger partial charge on any atom is -0.493 e. The van der Waals surface area contributed by atoms with E-state index in [1.165, 1.54) is 20.3 Å². The van der Waals surface area contributed by atoms with Crippen molar-refractivity contribution in [3.8, 4) is 11.5 Å². The molecule has 0 spiro atoms. The van der Waals surface area contributed by atoms with Gasteiger partial charge in [0.05, 0.1) is 38.5 Å². The molecule has 0 aliphatic rings. The molecule has 0 radical (unpaired) electrons. The molecule has 0 unspecified atom stereocenters. The number of hydrogen-bond acceptors (Lipinski definition) is 7. The summed E-state index contributed by atoms with van der Waals surface area (Å²) < 4.78 is 20.5. The zero-order valence-corrected chi connectivity index (χ0v) is 14.0. The first-order valence-corrected chi connectivity index (χ1v) is 7.46. The zero-order chi connectivity index (χ0) is 17.7. The van der Waals surface area contributed by atoms with Crippen LogP contribution in [0.2, 0.25) is 0 Å². The molecule has 0 saturated carbocycles. The molecule has 2 rings (SSSR count). The van der Waals surface area contributed by atoms with Gasteiger partial charge < -0.3 is 18.9 Å². The maximum Gasteiger partial charge on any atom is 0.357 e. The maximum atomic E-state index is 12.2. The monoisotopic (exact) mass is 333 g/mol. The van der Waals surface area contributed by atoms with Crippen LogP contribution in [0.3, 0.4) is 0 Å². The predicted molar refractivity (Wildman–Crippen MR) is 86.8 cm³/mol. The van der Waals surface area contributed by atoms with Crippen molar-refractivity contribution in [3.63, 3.8) is 0 Å². The Bertz CT molecular complexity index is 707. The molecule has 0 fully saturated rings. The highest BCUT2D eigenvalue weighted by Gasteiger charge is 2.23. The van der Waals surface area contributed by atoms with Gasteiger partial charge in [0, 0.05) is 11.5 Å². The normalized spacial score (nSPS) is 10.3. The predicted octanol–water partition coefficient (Wildman–Crippen LogP) is 2.61. The van der Waals surface area contributed by atoms with Crippen molar-refractivity contribution in [2.24, 2.45) is 0 Å². The fourth-order valence-corrected chi connectivity index (χ4v) is 2.22. The quantitative estimate of drug-likeness (QED) is 0.751. The van der Waals surface area contributed by atoms with Gasteiger partial charge in [-0.2, -0.15) is 0 Å². The highest BCUT2D eigenvalue weighted by atomic mass is 16.5. The third-order valence-electron chi connectivity index (χ3n) is 3.28. The molecule has 0 bridgehead atoms. The third kappa shape index (κ3) is 3.40. The van der Waals surface area contributed by atoms with Gasteiger partial charge in [0.1, 0.15) is 0 Å². The fourth-order valence-electron chi connectivity index (χ4n) is 2.22. The highest BCUT2D eigenvalue weighted by molar-refractivity contribution is 6.05. The largest absolute Gasteiger partial charge is 0.493 e. The smallest absolute Gasteiger partial charge is 0.357 e. The summed E-state index contributed by atoms with van der Waals surface area (Å²) in [4.78, 5) is 28.6. The van der Waals surface area contributed by atoms with Crippen molar-refractivity contribution in [1.29, 1.82) is 0 Å². The fraction of sp³-hybridized carbons (Fsp3) is 0.353. The minimum atomic E-state index is -0.683. The molecule has 24 heavy (non-hydrogen) atoms. The van der Waals surface area contributed by atoms with Crippen LogP contribution < -0.4 is 9.47 Å². The SMILES string of the molecule is CCOC(=O)c1cc2cc(OC)c(OC)cc2nc1C(=O)OCC. The Kier molecular flexibility index (Phi) is 5.57. The molecule has 7 nitrogen and oxygen atoms in total. The van der Waals surface area contributed by atoms with E-state index in [4.69, 9.17) is 18.9 Å². The maximum absolute atomic E-state index is 12.2. The van der Waals surface area contributed by atoms with E-state index in [1.54, 1.807) is 26.0 Å². The Morgan fingerprint density at radius 1 is 0.917 bits per heavy atom. The lowest BCUT2D eigenvalue weighted by molar-refractivity contribution is 0.0474. The lowest BCUT2D eigenvalue weighted by atomic mass is 10.1. The molecule has 0 saturated heterocycles. The number of benzene rings is 1. The van der Waals surface area contributed by atoms with Crippen molar-refractivity contribution in [1.82, 2.24) is 4.98 Å². The third-order valence-corrected chi connectivity index (χ3v) is 3.28. The number of rotatable bonds is 6. The van der Waals surface area contributed by atoms with Crippen molar-refractivity contribution in [2.45, 2.75) is 13.8 Å². The average Bonchev–Trinajstić information content (AvgIpc) is 2.59. The molecular weight excluding hydrogens is 314 g/mol. The first-order valence-electron chi connectivity index (χ1n) is 7.46. The number of fused-ring (bicyclic) bond motifs is 1. The minimum absolute atomic E-state index is 0.0509. The van der Waals surface area contributed by atoms with E-state index in [0.717, 1.165) is 0 Å². The topological polar surface area (TPSA) is 84.0 Å². The second kappa shape index (κ2) is 7.63.